The van der Waals surface area contributed by atoms with E-state index in [2.05, 4.69) is 17.1 Å². The number of benzene rings is 2. The number of para-hydroxylation sites is 1. The van der Waals surface area contributed by atoms with Crippen molar-refractivity contribution in [2.24, 2.45) is 0 Å². The van der Waals surface area contributed by atoms with Gasteiger partial charge >= 0.3 is 0 Å². The number of fused-ring (bicyclic) bond motifs is 1. The van der Waals surface area contributed by atoms with Crippen LogP contribution in [0.2, 0.25) is 0 Å². The lowest BCUT2D eigenvalue weighted by molar-refractivity contribution is 0.471. The lowest BCUT2D eigenvalue weighted by Crippen LogP contribution is -1.79. The SMILES string of the molecule is Cc1cc(-c2c[nH]c3ccccc23)ccc1O. The minimum atomic E-state index is 0.341. The second kappa shape index (κ2) is 3.67. The minimum absolute atomic E-state index is 0.341. The van der Waals surface area contributed by atoms with Crippen LogP contribution in [-0.4, -0.2) is 10.1 Å². The van der Waals surface area contributed by atoms with Crippen LogP contribution in [0.25, 0.3) is 22.0 Å². The Morgan fingerprint density at radius 2 is 1.88 bits per heavy atom. The normalized spacial score (nSPS) is 10.9. The van der Waals surface area contributed by atoms with Crippen molar-refractivity contribution in [1.82, 2.24) is 4.98 Å². The smallest absolute Gasteiger partial charge is 0.118 e. The van der Waals surface area contributed by atoms with Gasteiger partial charge in [0.1, 0.15) is 5.75 Å². The Kier molecular flexibility index (Phi) is 2.15. The van der Waals surface area contributed by atoms with Gasteiger partial charge in [0, 0.05) is 22.7 Å². The molecule has 0 spiro atoms. The van der Waals surface area contributed by atoms with Crippen LogP contribution in [-0.2, 0) is 0 Å². The topological polar surface area (TPSA) is 36.0 Å². The van der Waals surface area contributed by atoms with E-state index in [9.17, 15) is 5.11 Å². The number of phenols is 1. The summed E-state index contributed by atoms with van der Waals surface area (Å²) in [5.41, 5.74) is 4.32. The maximum absolute atomic E-state index is 9.55. The van der Waals surface area contributed by atoms with Gasteiger partial charge in [0.05, 0.1) is 0 Å². The first-order valence-electron chi connectivity index (χ1n) is 5.62. The average Bonchev–Trinajstić information content (AvgIpc) is 2.76. The first-order valence-corrected chi connectivity index (χ1v) is 5.62. The van der Waals surface area contributed by atoms with Crippen molar-refractivity contribution in [3.05, 3.63) is 54.2 Å². The van der Waals surface area contributed by atoms with Crippen molar-refractivity contribution < 1.29 is 5.11 Å². The van der Waals surface area contributed by atoms with E-state index >= 15 is 0 Å². The molecular weight excluding hydrogens is 210 g/mol. The number of hydrogen-bond acceptors (Lipinski definition) is 1. The Morgan fingerprint density at radius 3 is 2.71 bits per heavy atom. The molecule has 17 heavy (non-hydrogen) atoms. The highest BCUT2D eigenvalue weighted by Gasteiger charge is 2.06. The van der Waals surface area contributed by atoms with Gasteiger partial charge in [-0.3, -0.25) is 0 Å². The second-order valence-corrected chi connectivity index (χ2v) is 4.25. The number of phenolic OH excluding ortho intramolecular Hbond substituents is 1. The summed E-state index contributed by atoms with van der Waals surface area (Å²) in [4.78, 5) is 3.26. The quantitative estimate of drug-likeness (QED) is 0.645. The predicted molar refractivity (Wildman–Crippen MR) is 70.1 cm³/mol. The highest BCUT2D eigenvalue weighted by molar-refractivity contribution is 5.95. The van der Waals surface area contributed by atoms with E-state index < -0.39 is 0 Å². The molecule has 0 unspecified atom stereocenters. The average molecular weight is 223 g/mol. The summed E-state index contributed by atoms with van der Waals surface area (Å²) in [5.74, 6) is 0.341. The maximum Gasteiger partial charge on any atom is 0.118 e. The zero-order valence-corrected chi connectivity index (χ0v) is 9.57. The number of H-pyrrole nitrogens is 1. The molecule has 0 amide bonds. The van der Waals surface area contributed by atoms with Crippen molar-refractivity contribution in [1.29, 1.82) is 0 Å². The third-order valence-corrected chi connectivity index (χ3v) is 3.10. The van der Waals surface area contributed by atoms with Crippen LogP contribution in [0.3, 0.4) is 0 Å². The second-order valence-electron chi connectivity index (χ2n) is 4.25. The standard InChI is InChI=1S/C15H13NO/c1-10-8-11(6-7-15(10)17)13-9-16-14-5-3-2-4-12(13)14/h2-9,16-17H,1H3. The number of nitrogens with one attached hydrogen (secondary N) is 1. The highest BCUT2D eigenvalue weighted by Crippen LogP contribution is 2.30. The number of aromatic hydroxyl groups is 1. The maximum atomic E-state index is 9.55. The lowest BCUT2D eigenvalue weighted by Gasteiger charge is -2.03. The Balaban J connectivity index is 2.24. The molecule has 0 bridgehead atoms. The van der Waals surface area contributed by atoms with E-state index in [-0.39, 0.29) is 0 Å². The number of hydrogen-bond donors (Lipinski definition) is 2. The van der Waals surface area contributed by atoms with E-state index in [0.717, 1.165) is 16.6 Å². The molecule has 0 fully saturated rings. The molecule has 0 saturated heterocycles. The van der Waals surface area contributed by atoms with E-state index in [1.54, 1.807) is 6.07 Å². The third kappa shape index (κ3) is 1.58. The molecule has 2 aromatic carbocycles. The first kappa shape index (κ1) is 9.97. The van der Waals surface area contributed by atoms with Crippen molar-refractivity contribution in [2.75, 3.05) is 0 Å². The first-order chi connectivity index (χ1) is 8.25. The summed E-state index contributed by atoms with van der Waals surface area (Å²) in [7, 11) is 0. The fourth-order valence-corrected chi connectivity index (χ4v) is 2.13. The molecule has 0 aliphatic rings. The van der Waals surface area contributed by atoms with Crippen molar-refractivity contribution in [3.63, 3.8) is 0 Å². The van der Waals surface area contributed by atoms with Crippen molar-refractivity contribution >= 4 is 10.9 Å². The summed E-state index contributed by atoms with van der Waals surface area (Å²) in [6.07, 6.45) is 2.01. The monoisotopic (exact) mass is 223 g/mol. The van der Waals surface area contributed by atoms with E-state index in [4.69, 9.17) is 0 Å². The minimum Gasteiger partial charge on any atom is -0.508 e. The van der Waals surface area contributed by atoms with Crippen LogP contribution >= 0.6 is 0 Å². The predicted octanol–water partition coefficient (Wildman–Crippen LogP) is 3.85. The van der Waals surface area contributed by atoms with Crippen molar-refractivity contribution in [2.45, 2.75) is 6.92 Å². The zero-order valence-electron chi connectivity index (χ0n) is 9.57. The van der Waals surface area contributed by atoms with Gasteiger partial charge in [-0.15, -0.1) is 0 Å². The molecule has 2 N–H and O–H groups in total. The Hall–Kier alpha value is -2.22. The fourth-order valence-electron chi connectivity index (χ4n) is 2.13. The van der Waals surface area contributed by atoms with Crippen LogP contribution < -0.4 is 0 Å². The van der Waals surface area contributed by atoms with Crippen molar-refractivity contribution in [3.8, 4) is 16.9 Å². The summed E-state index contributed by atoms with van der Waals surface area (Å²) in [6.45, 7) is 1.91. The molecule has 2 heteroatoms. The van der Waals surface area contributed by atoms with Gasteiger partial charge in [0.2, 0.25) is 0 Å². The summed E-state index contributed by atoms with van der Waals surface area (Å²) in [5, 5.41) is 10.8. The van der Waals surface area contributed by atoms with E-state index in [1.807, 2.05) is 37.4 Å². The Morgan fingerprint density at radius 1 is 1.06 bits per heavy atom. The van der Waals surface area contributed by atoms with Gasteiger partial charge in [-0.05, 0) is 36.2 Å². The molecule has 0 aliphatic carbocycles. The summed E-state index contributed by atoms with van der Waals surface area (Å²) >= 11 is 0. The summed E-state index contributed by atoms with van der Waals surface area (Å²) in [6, 6.07) is 13.9. The van der Waals surface area contributed by atoms with Gasteiger partial charge in [0.15, 0.2) is 0 Å². The highest BCUT2D eigenvalue weighted by atomic mass is 16.3. The van der Waals surface area contributed by atoms with Crippen LogP contribution in [0.15, 0.2) is 48.7 Å². The molecule has 84 valence electrons. The molecule has 0 radical (unpaired) electrons. The number of rotatable bonds is 1. The van der Waals surface area contributed by atoms with Gasteiger partial charge in [0.25, 0.3) is 0 Å². The van der Waals surface area contributed by atoms with Crippen LogP contribution in [0, 0.1) is 6.92 Å². The molecule has 1 heterocycles. The Bertz CT molecular complexity index is 682. The largest absolute Gasteiger partial charge is 0.508 e. The van der Waals surface area contributed by atoms with Gasteiger partial charge in [-0.2, -0.15) is 0 Å². The molecule has 3 aromatic rings. The molecule has 0 aliphatic heterocycles. The van der Waals surface area contributed by atoms with E-state index in [1.165, 1.54) is 10.9 Å². The molecule has 0 atom stereocenters. The van der Waals surface area contributed by atoms with E-state index in [0.29, 0.717) is 5.75 Å². The molecule has 3 rings (SSSR count). The van der Waals surface area contributed by atoms with Gasteiger partial charge in [-0.25, -0.2) is 0 Å². The molecule has 0 saturated carbocycles. The Labute approximate surface area is 99.5 Å². The van der Waals surface area contributed by atoms with Gasteiger partial charge in [-0.1, -0.05) is 24.3 Å². The van der Waals surface area contributed by atoms with Gasteiger partial charge < -0.3 is 10.1 Å². The van der Waals surface area contributed by atoms with Crippen LogP contribution in [0.5, 0.6) is 5.75 Å². The lowest BCUT2D eigenvalue weighted by atomic mass is 10.0. The zero-order chi connectivity index (χ0) is 11.8. The third-order valence-electron chi connectivity index (χ3n) is 3.10. The molecule has 2 nitrogen and oxygen atoms in total. The molecular formula is C15H13NO. The fraction of sp³-hybridized carbons (Fsp3) is 0.0667. The number of aromatic nitrogens is 1. The molecule has 1 aromatic heterocycles. The summed E-state index contributed by atoms with van der Waals surface area (Å²) < 4.78 is 0. The number of aromatic amines is 1. The number of aryl methyl sites for hydroxylation is 1. The van der Waals surface area contributed by atoms with Crippen LogP contribution in [0.1, 0.15) is 5.56 Å². The van der Waals surface area contributed by atoms with Crippen LogP contribution in [0.4, 0.5) is 0 Å².